The van der Waals surface area contributed by atoms with E-state index in [1.807, 2.05) is 30.3 Å². The zero-order valence-electron chi connectivity index (χ0n) is 19.2. The van der Waals surface area contributed by atoms with Gasteiger partial charge in [0.05, 0.1) is 31.2 Å². The standard InChI is InChI=1S/C25H33N3O4S/c1-31-13-7-12-28(14-19(29)17-32-16-18-8-3-2-4-9-18)15-22-26-24(30)23-20-10-5-6-11-21(20)33-25(23)27-22/h2-4,8-9,19,29H,5-7,10-17H2,1H3,(H,26,27,30). The second-order valence-corrected chi connectivity index (χ2v) is 9.72. The lowest BCUT2D eigenvalue weighted by Crippen LogP contribution is -2.36. The summed E-state index contributed by atoms with van der Waals surface area (Å²) in [5.74, 6) is 0.640. The number of fused-ring (bicyclic) bond motifs is 3. The average molecular weight is 472 g/mol. The van der Waals surface area contributed by atoms with Gasteiger partial charge in [-0.2, -0.15) is 0 Å². The number of nitrogens with zero attached hydrogens (tertiary/aromatic N) is 2. The van der Waals surface area contributed by atoms with Crippen LogP contribution >= 0.6 is 11.3 Å². The van der Waals surface area contributed by atoms with E-state index in [-0.39, 0.29) is 12.2 Å². The van der Waals surface area contributed by atoms with E-state index in [4.69, 9.17) is 14.5 Å². The van der Waals surface area contributed by atoms with Crippen molar-refractivity contribution in [2.45, 2.75) is 51.4 Å². The first-order valence-corrected chi connectivity index (χ1v) is 12.5. The summed E-state index contributed by atoms with van der Waals surface area (Å²) in [5, 5.41) is 11.4. The molecular weight excluding hydrogens is 438 g/mol. The van der Waals surface area contributed by atoms with Gasteiger partial charge in [-0.1, -0.05) is 30.3 Å². The second-order valence-electron chi connectivity index (χ2n) is 8.64. The Morgan fingerprint density at radius 3 is 2.88 bits per heavy atom. The molecule has 3 aromatic rings. The minimum absolute atomic E-state index is 0.0435. The number of aromatic nitrogens is 2. The Morgan fingerprint density at radius 1 is 1.24 bits per heavy atom. The molecule has 1 aliphatic rings. The van der Waals surface area contributed by atoms with E-state index in [9.17, 15) is 9.90 Å². The zero-order chi connectivity index (χ0) is 23.0. The first-order valence-electron chi connectivity index (χ1n) is 11.7. The first-order chi connectivity index (χ1) is 16.1. The van der Waals surface area contributed by atoms with Gasteiger partial charge in [0.15, 0.2) is 0 Å². The number of nitrogens with one attached hydrogen (secondary N) is 1. The highest BCUT2D eigenvalue weighted by Gasteiger charge is 2.21. The Kier molecular flexibility index (Phi) is 8.63. The fourth-order valence-electron chi connectivity index (χ4n) is 4.40. The number of thiophene rings is 1. The van der Waals surface area contributed by atoms with Crippen LogP contribution in [0, 0.1) is 0 Å². The van der Waals surface area contributed by atoms with Crippen molar-refractivity contribution in [1.82, 2.24) is 14.9 Å². The Hall–Kier alpha value is -2.10. The van der Waals surface area contributed by atoms with Gasteiger partial charge in [0.25, 0.3) is 5.56 Å². The molecule has 2 heterocycles. The summed E-state index contributed by atoms with van der Waals surface area (Å²) in [5.41, 5.74) is 2.23. The van der Waals surface area contributed by atoms with Gasteiger partial charge < -0.3 is 19.6 Å². The number of rotatable bonds is 12. The molecule has 4 rings (SSSR count). The first kappa shape index (κ1) is 24.0. The highest BCUT2D eigenvalue weighted by atomic mass is 32.1. The maximum atomic E-state index is 12.9. The van der Waals surface area contributed by atoms with Crippen LogP contribution in [0.5, 0.6) is 0 Å². The number of benzene rings is 1. The molecule has 1 aliphatic carbocycles. The van der Waals surface area contributed by atoms with Crippen LogP contribution < -0.4 is 5.56 Å². The number of ether oxygens (including phenoxy) is 2. The van der Waals surface area contributed by atoms with Crippen LogP contribution in [0.1, 0.15) is 41.1 Å². The number of aliphatic hydroxyl groups excluding tert-OH is 1. The molecule has 0 fully saturated rings. The lowest BCUT2D eigenvalue weighted by molar-refractivity contribution is 0.00700. The van der Waals surface area contributed by atoms with Crippen LogP contribution in [0.2, 0.25) is 0 Å². The number of aliphatic hydroxyl groups is 1. The Balaban J connectivity index is 1.40. The summed E-state index contributed by atoms with van der Waals surface area (Å²) in [6, 6.07) is 9.92. The summed E-state index contributed by atoms with van der Waals surface area (Å²) in [6.07, 6.45) is 4.52. The van der Waals surface area contributed by atoms with E-state index in [1.54, 1.807) is 18.4 Å². The van der Waals surface area contributed by atoms with Crippen LogP contribution in [0.25, 0.3) is 10.2 Å². The SMILES string of the molecule is COCCCN(Cc1nc2sc3c(c2c(=O)[nH]1)CCCC3)CC(O)COCc1ccccc1. The second kappa shape index (κ2) is 11.9. The smallest absolute Gasteiger partial charge is 0.259 e. The lowest BCUT2D eigenvalue weighted by Gasteiger charge is -2.24. The van der Waals surface area contributed by atoms with E-state index in [0.29, 0.717) is 32.1 Å². The van der Waals surface area contributed by atoms with Crippen LogP contribution in [-0.2, 0) is 35.5 Å². The minimum Gasteiger partial charge on any atom is -0.389 e. The quantitative estimate of drug-likeness (QED) is 0.394. The molecule has 0 radical (unpaired) electrons. The summed E-state index contributed by atoms with van der Waals surface area (Å²) < 4.78 is 10.9. The number of aryl methyl sites for hydroxylation is 2. The topological polar surface area (TPSA) is 87.7 Å². The van der Waals surface area contributed by atoms with E-state index in [2.05, 4.69) is 9.88 Å². The van der Waals surface area contributed by atoms with Crippen LogP contribution in [0.4, 0.5) is 0 Å². The van der Waals surface area contributed by atoms with Crippen molar-refractivity contribution >= 4 is 21.6 Å². The van der Waals surface area contributed by atoms with Crippen molar-refractivity contribution < 1.29 is 14.6 Å². The van der Waals surface area contributed by atoms with E-state index < -0.39 is 6.10 Å². The number of hydrogen-bond donors (Lipinski definition) is 2. The van der Waals surface area contributed by atoms with Crippen molar-refractivity contribution in [3.05, 3.63) is 62.5 Å². The Bertz CT molecular complexity index is 1080. The third-order valence-electron chi connectivity index (χ3n) is 5.96. The Labute approximate surface area is 198 Å². The van der Waals surface area contributed by atoms with Crippen molar-refractivity contribution in [2.24, 2.45) is 0 Å². The lowest BCUT2D eigenvalue weighted by atomic mass is 9.97. The molecule has 1 atom stereocenters. The molecule has 2 aromatic heterocycles. The zero-order valence-corrected chi connectivity index (χ0v) is 20.0. The molecule has 0 aliphatic heterocycles. The van der Waals surface area contributed by atoms with E-state index >= 15 is 0 Å². The summed E-state index contributed by atoms with van der Waals surface area (Å²) in [4.78, 5) is 24.9. The molecule has 0 amide bonds. The average Bonchev–Trinajstić information content (AvgIpc) is 3.19. The fourth-order valence-corrected chi connectivity index (χ4v) is 5.68. The van der Waals surface area contributed by atoms with Crippen molar-refractivity contribution in [2.75, 3.05) is 33.4 Å². The normalized spacial score (nSPS) is 14.6. The third kappa shape index (κ3) is 6.49. The molecule has 7 nitrogen and oxygen atoms in total. The van der Waals surface area contributed by atoms with Gasteiger partial charge in [0.2, 0.25) is 0 Å². The van der Waals surface area contributed by atoms with Gasteiger partial charge in [0.1, 0.15) is 10.7 Å². The fraction of sp³-hybridized carbons (Fsp3) is 0.520. The number of methoxy groups -OCH3 is 1. The van der Waals surface area contributed by atoms with Gasteiger partial charge in [-0.25, -0.2) is 4.98 Å². The maximum absolute atomic E-state index is 12.9. The predicted octanol–water partition coefficient (Wildman–Crippen LogP) is 3.28. The van der Waals surface area contributed by atoms with Gasteiger partial charge in [-0.15, -0.1) is 11.3 Å². The van der Waals surface area contributed by atoms with Gasteiger partial charge in [-0.05, 0) is 43.2 Å². The molecule has 0 spiro atoms. The van der Waals surface area contributed by atoms with Crippen molar-refractivity contribution in [3.8, 4) is 0 Å². The molecular formula is C25H33N3O4S. The van der Waals surface area contributed by atoms with Gasteiger partial charge in [0, 0.05) is 31.7 Å². The number of H-pyrrole nitrogens is 1. The molecule has 178 valence electrons. The molecule has 1 aromatic carbocycles. The van der Waals surface area contributed by atoms with Gasteiger partial charge >= 0.3 is 0 Å². The van der Waals surface area contributed by atoms with Crippen molar-refractivity contribution in [1.29, 1.82) is 0 Å². The predicted molar refractivity (Wildman–Crippen MR) is 131 cm³/mol. The highest BCUT2D eigenvalue weighted by molar-refractivity contribution is 7.18. The summed E-state index contributed by atoms with van der Waals surface area (Å²) in [6.45, 7) is 2.98. The molecule has 0 saturated carbocycles. The highest BCUT2D eigenvalue weighted by Crippen LogP contribution is 2.33. The third-order valence-corrected chi connectivity index (χ3v) is 7.15. The van der Waals surface area contributed by atoms with Crippen LogP contribution in [0.15, 0.2) is 35.1 Å². The van der Waals surface area contributed by atoms with Crippen molar-refractivity contribution in [3.63, 3.8) is 0 Å². The molecule has 0 bridgehead atoms. The van der Waals surface area contributed by atoms with Crippen LogP contribution in [0.3, 0.4) is 0 Å². The molecule has 0 saturated heterocycles. The molecule has 33 heavy (non-hydrogen) atoms. The van der Waals surface area contributed by atoms with E-state index in [0.717, 1.165) is 48.0 Å². The van der Waals surface area contributed by atoms with Gasteiger partial charge in [-0.3, -0.25) is 9.69 Å². The summed E-state index contributed by atoms with van der Waals surface area (Å²) >= 11 is 1.66. The molecule has 1 unspecified atom stereocenters. The number of hydrogen-bond acceptors (Lipinski definition) is 7. The van der Waals surface area contributed by atoms with E-state index in [1.165, 1.54) is 16.9 Å². The maximum Gasteiger partial charge on any atom is 0.259 e. The minimum atomic E-state index is -0.638. The largest absolute Gasteiger partial charge is 0.389 e. The molecule has 8 heteroatoms. The monoisotopic (exact) mass is 471 g/mol. The number of aromatic amines is 1. The van der Waals surface area contributed by atoms with Crippen LogP contribution in [-0.4, -0.2) is 59.5 Å². The molecule has 2 N–H and O–H groups in total. The Morgan fingerprint density at radius 2 is 2.06 bits per heavy atom. The summed E-state index contributed by atoms with van der Waals surface area (Å²) in [7, 11) is 1.68.